The van der Waals surface area contributed by atoms with Gasteiger partial charge in [0.1, 0.15) is 23.0 Å². The minimum absolute atomic E-state index is 0.0380. The van der Waals surface area contributed by atoms with Gasteiger partial charge in [0.25, 0.3) is 11.8 Å². The van der Waals surface area contributed by atoms with E-state index in [0.717, 1.165) is 24.0 Å². The number of aliphatic hydroxyl groups excluding tert-OH is 1. The van der Waals surface area contributed by atoms with E-state index in [4.69, 9.17) is 10.3 Å². The maximum absolute atomic E-state index is 12.6. The highest BCUT2D eigenvalue weighted by Gasteiger charge is 2.42. The molecular weight excluding hydrogens is 410 g/mol. The number of hydrogen-bond donors (Lipinski definition) is 3. The van der Waals surface area contributed by atoms with Gasteiger partial charge in [-0.3, -0.25) is 9.59 Å². The van der Waals surface area contributed by atoms with Crippen LogP contribution in [0, 0.1) is 18.8 Å². The van der Waals surface area contributed by atoms with E-state index in [9.17, 15) is 14.7 Å². The van der Waals surface area contributed by atoms with E-state index in [2.05, 4.69) is 27.3 Å². The molecule has 32 heavy (non-hydrogen) atoms. The van der Waals surface area contributed by atoms with Gasteiger partial charge in [-0.05, 0) is 43.4 Å². The van der Waals surface area contributed by atoms with Crippen molar-refractivity contribution in [1.29, 1.82) is 0 Å². The lowest BCUT2D eigenvalue weighted by Gasteiger charge is -2.35. The second-order valence-corrected chi connectivity index (χ2v) is 8.10. The number of imidazole rings is 1. The van der Waals surface area contributed by atoms with E-state index in [1.54, 1.807) is 13.0 Å². The number of primary amides is 1. The van der Waals surface area contributed by atoms with E-state index in [1.807, 2.05) is 22.8 Å². The van der Waals surface area contributed by atoms with Crippen LogP contribution in [-0.2, 0) is 0 Å². The largest absolute Gasteiger partial charge is 0.374 e. The minimum atomic E-state index is -1.08. The third-order valence-corrected chi connectivity index (χ3v) is 6.08. The molecule has 1 unspecified atom stereocenters. The highest BCUT2D eigenvalue weighted by atomic mass is 16.5. The molecule has 1 aliphatic carbocycles. The average Bonchev–Trinajstić information content (AvgIpc) is 3.29. The van der Waals surface area contributed by atoms with Crippen molar-refractivity contribution < 1.29 is 19.2 Å². The van der Waals surface area contributed by atoms with Crippen LogP contribution >= 0.6 is 0 Å². The first-order chi connectivity index (χ1) is 15.4. The maximum Gasteiger partial charge on any atom is 0.270 e. The van der Waals surface area contributed by atoms with Gasteiger partial charge in [-0.15, -0.1) is 0 Å². The molecule has 3 aromatic rings. The number of carbonyl (C=O) groups is 2. The van der Waals surface area contributed by atoms with Crippen LogP contribution in [0.25, 0.3) is 11.4 Å². The Hall–Kier alpha value is -3.90. The summed E-state index contributed by atoms with van der Waals surface area (Å²) in [6, 6.07) is 7.48. The standard InChI is InChI=1S/C23H21N5O4/c1-11-7-17(27-32-11)18(29)6-4-12-3-5-15-13-9-14(10-13)28-20(23(31)25-2)19(21(24)30)26-22(28)16(15)8-12/h3,5,7-8,13-14,18,29H,9-10H2,1-2H3,(H2,24,30)(H,25,31). The smallest absolute Gasteiger partial charge is 0.270 e. The van der Waals surface area contributed by atoms with E-state index in [0.29, 0.717) is 28.8 Å². The van der Waals surface area contributed by atoms with Gasteiger partial charge in [0.05, 0.1) is 0 Å². The Bertz CT molecular complexity index is 1320. The number of nitrogens with one attached hydrogen (secondary N) is 1. The van der Waals surface area contributed by atoms with Crippen LogP contribution in [0.1, 0.15) is 74.5 Å². The predicted octanol–water partition coefficient (Wildman–Crippen LogP) is 1.82. The SMILES string of the molecule is CNC(=O)c1c(C(N)=O)nc2n1C1CC(C1)c1ccc(C#CC(O)c3cc(C)on3)cc1-2. The Morgan fingerprint density at radius 3 is 2.78 bits per heavy atom. The molecule has 9 nitrogen and oxygen atoms in total. The van der Waals surface area contributed by atoms with Crippen LogP contribution in [0.2, 0.25) is 0 Å². The number of nitrogens with two attached hydrogens (primary N) is 1. The van der Waals surface area contributed by atoms with Gasteiger partial charge in [-0.2, -0.15) is 0 Å². The molecule has 0 radical (unpaired) electrons. The normalized spacial score (nSPS) is 18.8. The summed E-state index contributed by atoms with van der Waals surface area (Å²) < 4.78 is 6.82. The molecule has 4 heterocycles. The highest BCUT2D eigenvalue weighted by molar-refractivity contribution is 6.05. The summed E-state index contributed by atoms with van der Waals surface area (Å²) in [5.41, 5.74) is 8.63. The zero-order valence-corrected chi connectivity index (χ0v) is 17.5. The minimum Gasteiger partial charge on any atom is -0.374 e. The molecule has 2 aliphatic heterocycles. The van der Waals surface area contributed by atoms with Gasteiger partial charge in [-0.25, -0.2) is 4.98 Å². The number of hydrogen-bond acceptors (Lipinski definition) is 6. The number of benzene rings is 1. The van der Waals surface area contributed by atoms with Gasteiger partial charge in [0.2, 0.25) is 0 Å². The molecule has 1 atom stereocenters. The molecule has 3 aliphatic rings. The fourth-order valence-electron chi connectivity index (χ4n) is 4.46. The number of nitrogens with zero attached hydrogens (tertiary/aromatic N) is 3. The van der Waals surface area contributed by atoms with Crippen molar-refractivity contribution >= 4 is 11.8 Å². The fourth-order valence-corrected chi connectivity index (χ4v) is 4.46. The van der Waals surface area contributed by atoms with E-state index >= 15 is 0 Å². The van der Waals surface area contributed by atoms with E-state index in [-0.39, 0.29) is 17.4 Å². The molecule has 2 amide bonds. The molecule has 9 heteroatoms. The zero-order chi connectivity index (χ0) is 22.6. The van der Waals surface area contributed by atoms with Crippen LogP contribution in [-0.4, -0.2) is 38.7 Å². The van der Waals surface area contributed by atoms with E-state index < -0.39 is 17.9 Å². The molecule has 4 N–H and O–H groups in total. The Kier molecular flexibility index (Phi) is 4.60. The fraction of sp³-hybridized carbons (Fsp3) is 0.304. The van der Waals surface area contributed by atoms with Gasteiger partial charge < -0.3 is 25.2 Å². The summed E-state index contributed by atoms with van der Waals surface area (Å²) in [7, 11) is 1.51. The molecule has 1 fully saturated rings. The Morgan fingerprint density at radius 1 is 1.34 bits per heavy atom. The summed E-state index contributed by atoms with van der Waals surface area (Å²) in [5.74, 6) is 6.08. The lowest BCUT2D eigenvalue weighted by atomic mass is 9.75. The summed E-state index contributed by atoms with van der Waals surface area (Å²) in [5, 5.41) is 16.6. The van der Waals surface area contributed by atoms with Crippen molar-refractivity contribution in [2.75, 3.05) is 7.05 Å². The Morgan fingerprint density at radius 2 is 2.12 bits per heavy atom. The topological polar surface area (TPSA) is 136 Å². The monoisotopic (exact) mass is 431 g/mol. The van der Waals surface area contributed by atoms with Gasteiger partial charge in [0, 0.05) is 30.3 Å². The van der Waals surface area contributed by atoms with Crippen molar-refractivity contribution in [2.24, 2.45) is 5.73 Å². The highest BCUT2D eigenvalue weighted by Crippen LogP contribution is 2.52. The van der Waals surface area contributed by atoms with Crippen molar-refractivity contribution in [1.82, 2.24) is 20.0 Å². The lowest BCUT2D eigenvalue weighted by molar-refractivity contribution is 0.0928. The zero-order valence-electron chi connectivity index (χ0n) is 17.5. The third-order valence-electron chi connectivity index (χ3n) is 6.08. The molecule has 0 spiro atoms. The van der Waals surface area contributed by atoms with Crippen LogP contribution in [0.4, 0.5) is 0 Å². The van der Waals surface area contributed by atoms with Crippen molar-refractivity contribution in [3.8, 4) is 23.2 Å². The number of aryl methyl sites for hydroxylation is 1. The lowest BCUT2D eigenvalue weighted by Crippen LogP contribution is -2.30. The summed E-state index contributed by atoms with van der Waals surface area (Å²) in [6.07, 6.45) is 0.629. The molecule has 1 aromatic carbocycles. The molecule has 162 valence electrons. The second kappa shape index (κ2) is 7.35. The molecule has 1 saturated carbocycles. The molecule has 6 rings (SSSR count). The quantitative estimate of drug-likeness (QED) is 0.541. The first kappa shape index (κ1) is 20.0. The average molecular weight is 431 g/mol. The first-order valence-electron chi connectivity index (χ1n) is 10.3. The number of aliphatic hydroxyl groups is 1. The Labute approximate surface area is 183 Å². The van der Waals surface area contributed by atoms with Crippen LogP contribution < -0.4 is 11.1 Å². The molecule has 2 aromatic heterocycles. The third kappa shape index (κ3) is 3.08. The van der Waals surface area contributed by atoms with Crippen molar-refractivity contribution in [3.63, 3.8) is 0 Å². The summed E-state index contributed by atoms with van der Waals surface area (Å²) in [6.45, 7) is 1.74. The van der Waals surface area contributed by atoms with Gasteiger partial charge >= 0.3 is 0 Å². The Balaban J connectivity index is 1.61. The predicted molar refractivity (Wildman–Crippen MR) is 114 cm³/mol. The van der Waals surface area contributed by atoms with Crippen molar-refractivity contribution in [2.45, 2.75) is 37.8 Å². The summed E-state index contributed by atoms with van der Waals surface area (Å²) >= 11 is 0. The molecular formula is C23H21N5O4. The molecule has 2 bridgehead atoms. The summed E-state index contributed by atoms with van der Waals surface area (Å²) in [4.78, 5) is 29.1. The van der Waals surface area contributed by atoms with Crippen LogP contribution in [0.3, 0.4) is 0 Å². The maximum atomic E-state index is 12.6. The van der Waals surface area contributed by atoms with Crippen molar-refractivity contribution in [3.05, 3.63) is 58.2 Å². The van der Waals surface area contributed by atoms with Crippen LogP contribution in [0.15, 0.2) is 28.8 Å². The second-order valence-electron chi connectivity index (χ2n) is 8.10. The van der Waals surface area contributed by atoms with Gasteiger partial charge in [0.15, 0.2) is 11.8 Å². The number of aromatic nitrogens is 3. The van der Waals surface area contributed by atoms with E-state index in [1.165, 1.54) is 7.05 Å². The first-order valence-corrected chi connectivity index (χ1v) is 10.3. The number of carbonyl (C=O) groups excluding carboxylic acids is 2. The number of amides is 2. The molecule has 0 saturated heterocycles. The van der Waals surface area contributed by atoms with Gasteiger partial charge in [-0.1, -0.05) is 23.1 Å². The van der Waals surface area contributed by atoms with Crippen LogP contribution in [0.5, 0.6) is 0 Å². The number of rotatable bonds is 3.